The molecule has 0 saturated heterocycles. The van der Waals surface area contributed by atoms with Crippen molar-refractivity contribution in [3.05, 3.63) is 248 Å². The lowest BCUT2D eigenvalue weighted by Crippen LogP contribution is -2.70. The van der Waals surface area contributed by atoms with Crippen LogP contribution >= 0.6 is 0 Å². The summed E-state index contributed by atoms with van der Waals surface area (Å²) < 4.78 is 0. The van der Waals surface area contributed by atoms with Gasteiger partial charge in [0, 0.05) is 22.4 Å². The molecule has 13 rings (SSSR count). The standard InChI is InChI=1S/C63H45NSi/c1-63(2)55-30-13-9-25-49(55)50-37-36-47(41-56(50)63)64(46-24-17-23-44(39-46)42-19-5-3-6-20-42)57-31-18-29-48(43-21-7-4-8-22-43)62(57)45-35-38-61-54(40-45)53-28-12-16-34-60(53)65(61)58-32-14-10-26-51(58)52-27-11-15-33-59(52)65/h3-41H,1-2H3. The molecule has 2 aliphatic heterocycles. The molecule has 10 aromatic carbocycles. The van der Waals surface area contributed by atoms with E-state index in [-0.39, 0.29) is 5.41 Å². The zero-order chi connectivity index (χ0) is 43.3. The minimum atomic E-state index is -2.59. The fourth-order valence-electron chi connectivity index (χ4n) is 11.9. The number of benzene rings is 10. The highest BCUT2D eigenvalue weighted by Crippen LogP contribution is 2.52. The van der Waals surface area contributed by atoms with Crippen LogP contribution in [0, 0.1) is 0 Å². The van der Waals surface area contributed by atoms with E-state index in [9.17, 15) is 0 Å². The summed E-state index contributed by atoms with van der Waals surface area (Å²) in [7, 11) is -2.59. The van der Waals surface area contributed by atoms with Gasteiger partial charge in [-0.3, -0.25) is 0 Å². The molecule has 306 valence electrons. The number of fused-ring (bicyclic) bond motifs is 13. The SMILES string of the molecule is CC1(C)c2ccccc2-c2ccc(N(c3cccc(-c4ccccc4)c3)c3cccc(-c4ccccc4)c3-c3ccc4c(c3)-c3ccccc3[Si]43c4ccccc4-c4ccccc43)cc21. The molecule has 0 aromatic heterocycles. The minimum Gasteiger partial charge on any atom is -0.310 e. The van der Waals surface area contributed by atoms with Crippen LogP contribution in [0.2, 0.25) is 0 Å². The molecule has 0 radical (unpaired) electrons. The highest BCUT2D eigenvalue weighted by molar-refractivity contribution is 7.24. The molecule has 2 heterocycles. The van der Waals surface area contributed by atoms with E-state index in [2.05, 4.69) is 255 Å². The van der Waals surface area contributed by atoms with Crippen LogP contribution in [-0.2, 0) is 5.41 Å². The summed E-state index contributed by atoms with van der Waals surface area (Å²) in [6.45, 7) is 4.76. The van der Waals surface area contributed by atoms with Crippen molar-refractivity contribution in [3.8, 4) is 66.8 Å². The molecule has 0 N–H and O–H groups in total. The van der Waals surface area contributed by atoms with Gasteiger partial charge in [-0.15, -0.1) is 0 Å². The normalized spacial score (nSPS) is 13.9. The lowest BCUT2D eigenvalue weighted by atomic mass is 9.82. The molecule has 0 bridgehead atoms. The Hall–Kier alpha value is -7.78. The Kier molecular flexibility index (Phi) is 8.34. The quantitative estimate of drug-likeness (QED) is 0.151. The van der Waals surface area contributed by atoms with Crippen LogP contribution in [0.15, 0.2) is 237 Å². The molecular weight excluding hydrogens is 799 g/mol. The van der Waals surface area contributed by atoms with E-state index in [1.165, 1.54) is 98.6 Å². The first-order valence-corrected chi connectivity index (χ1v) is 24.8. The molecule has 1 spiro atoms. The molecule has 3 aliphatic rings. The average molecular weight is 844 g/mol. The van der Waals surface area contributed by atoms with Crippen molar-refractivity contribution in [2.24, 2.45) is 0 Å². The summed E-state index contributed by atoms with van der Waals surface area (Å²) in [5.41, 5.74) is 21.3. The van der Waals surface area contributed by atoms with Gasteiger partial charge < -0.3 is 4.90 Å². The van der Waals surface area contributed by atoms with Gasteiger partial charge in [-0.2, -0.15) is 0 Å². The third-order valence-corrected chi connectivity index (χ3v) is 19.7. The van der Waals surface area contributed by atoms with E-state index in [1.54, 1.807) is 0 Å². The number of hydrogen-bond donors (Lipinski definition) is 0. The molecule has 0 saturated carbocycles. The molecule has 1 nitrogen and oxygen atoms in total. The molecule has 0 amide bonds. The van der Waals surface area contributed by atoms with Crippen molar-refractivity contribution < 1.29 is 0 Å². The van der Waals surface area contributed by atoms with Gasteiger partial charge in [0.25, 0.3) is 0 Å². The maximum atomic E-state index is 2.53. The topological polar surface area (TPSA) is 3.24 Å². The highest BCUT2D eigenvalue weighted by atomic mass is 28.3. The van der Waals surface area contributed by atoms with Crippen LogP contribution in [0.5, 0.6) is 0 Å². The van der Waals surface area contributed by atoms with Crippen molar-refractivity contribution in [2.45, 2.75) is 19.3 Å². The van der Waals surface area contributed by atoms with E-state index in [0.29, 0.717) is 0 Å². The second-order valence-corrected chi connectivity index (χ2v) is 22.0. The smallest absolute Gasteiger partial charge is 0.182 e. The second kappa shape index (κ2) is 14.4. The van der Waals surface area contributed by atoms with Gasteiger partial charge in [0.2, 0.25) is 0 Å². The van der Waals surface area contributed by atoms with Gasteiger partial charge >= 0.3 is 0 Å². The van der Waals surface area contributed by atoms with E-state index < -0.39 is 8.07 Å². The fourth-order valence-corrected chi connectivity index (χ4v) is 17.4. The summed E-state index contributed by atoms with van der Waals surface area (Å²) in [5.74, 6) is 0. The summed E-state index contributed by atoms with van der Waals surface area (Å²) in [5, 5.41) is 5.96. The Balaban J connectivity index is 1.08. The first kappa shape index (κ1) is 37.7. The van der Waals surface area contributed by atoms with Crippen LogP contribution in [0.3, 0.4) is 0 Å². The Morgan fingerprint density at radius 1 is 0.308 bits per heavy atom. The van der Waals surface area contributed by atoms with E-state index in [4.69, 9.17) is 0 Å². The number of nitrogens with zero attached hydrogens (tertiary/aromatic N) is 1. The zero-order valence-electron chi connectivity index (χ0n) is 36.5. The Morgan fingerprint density at radius 2 is 0.815 bits per heavy atom. The van der Waals surface area contributed by atoms with Gasteiger partial charge in [0.15, 0.2) is 8.07 Å². The third kappa shape index (κ3) is 5.44. The Bertz CT molecular complexity index is 3480. The largest absolute Gasteiger partial charge is 0.310 e. The first-order chi connectivity index (χ1) is 32.0. The second-order valence-electron chi connectivity index (χ2n) is 18.4. The van der Waals surface area contributed by atoms with Crippen LogP contribution in [0.25, 0.3) is 66.8 Å². The summed E-state index contributed by atoms with van der Waals surface area (Å²) in [6.07, 6.45) is 0. The van der Waals surface area contributed by atoms with E-state index >= 15 is 0 Å². The Labute approximate surface area is 382 Å². The number of hydrogen-bond acceptors (Lipinski definition) is 1. The van der Waals surface area contributed by atoms with Gasteiger partial charge in [-0.25, -0.2) is 0 Å². The van der Waals surface area contributed by atoms with Gasteiger partial charge in [-0.05, 0) is 129 Å². The van der Waals surface area contributed by atoms with Crippen molar-refractivity contribution in [2.75, 3.05) is 4.90 Å². The van der Waals surface area contributed by atoms with Gasteiger partial charge in [-0.1, -0.05) is 214 Å². The van der Waals surface area contributed by atoms with Gasteiger partial charge in [0.1, 0.15) is 0 Å². The summed E-state index contributed by atoms with van der Waals surface area (Å²) >= 11 is 0. The first-order valence-electron chi connectivity index (χ1n) is 22.8. The summed E-state index contributed by atoms with van der Waals surface area (Å²) in [6, 6.07) is 89.0. The molecular formula is C63H45NSi. The van der Waals surface area contributed by atoms with Crippen LogP contribution in [0.1, 0.15) is 25.0 Å². The van der Waals surface area contributed by atoms with Gasteiger partial charge in [0.05, 0.1) is 5.69 Å². The predicted octanol–water partition coefficient (Wildman–Crippen LogP) is 13.8. The van der Waals surface area contributed by atoms with E-state index in [1.807, 2.05) is 0 Å². The number of rotatable bonds is 6. The van der Waals surface area contributed by atoms with Crippen molar-refractivity contribution in [1.29, 1.82) is 0 Å². The third-order valence-electron chi connectivity index (χ3n) is 14.7. The highest BCUT2D eigenvalue weighted by Gasteiger charge is 2.53. The van der Waals surface area contributed by atoms with Crippen LogP contribution in [0.4, 0.5) is 17.1 Å². The average Bonchev–Trinajstić information content (AvgIpc) is 3.93. The molecule has 1 aliphatic carbocycles. The molecule has 65 heavy (non-hydrogen) atoms. The van der Waals surface area contributed by atoms with E-state index in [0.717, 1.165) is 17.1 Å². The minimum absolute atomic E-state index is 0.154. The molecule has 10 aromatic rings. The zero-order valence-corrected chi connectivity index (χ0v) is 37.5. The van der Waals surface area contributed by atoms with Crippen LogP contribution < -0.4 is 25.6 Å². The van der Waals surface area contributed by atoms with Crippen molar-refractivity contribution in [1.82, 2.24) is 0 Å². The lowest BCUT2D eigenvalue weighted by Gasteiger charge is -2.31. The van der Waals surface area contributed by atoms with Crippen molar-refractivity contribution in [3.63, 3.8) is 0 Å². The summed E-state index contributed by atoms with van der Waals surface area (Å²) in [4.78, 5) is 2.52. The maximum absolute atomic E-state index is 2.59. The number of anilines is 3. The molecule has 0 unspecified atom stereocenters. The lowest BCUT2D eigenvalue weighted by molar-refractivity contribution is 0.660. The molecule has 0 fully saturated rings. The fraction of sp³-hybridized carbons (Fsp3) is 0.0476. The monoisotopic (exact) mass is 843 g/mol. The Morgan fingerprint density at radius 3 is 1.51 bits per heavy atom. The molecule has 2 heteroatoms. The predicted molar refractivity (Wildman–Crippen MR) is 277 cm³/mol. The molecule has 0 atom stereocenters. The maximum Gasteiger partial charge on any atom is 0.182 e. The van der Waals surface area contributed by atoms with Crippen LogP contribution in [-0.4, -0.2) is 8.07 Å². The van der Waals surface area contributed by atoms with Crippen molar-refractivity contribution >= 4 is 45.9 Å².